The van der Waals surface area contributed by atoms with Crippen molar-refractivity contribution in [3.05, 3.63) is 0 Å². The van der Waals surface area contributed by atoms with Crippen LogP contribution in [0, 0.1) is 5.92 Å². The van der Waals surface area contributed by atoms with Crippen molar-refractivity contribution in [3.8, 4) is 0 Å². The molecule has 0 spiro atoms. The second kappa shape index (κ2) is 1.98. The van der Waals surface area contributed by atoms with Crippen molar-refractivity contribution in [2.24, 2.45) is 5.92 Å². The average molecular weight is 147 g/mol. The van der Waals surface area contributed by atoms with E-state index in [0.29, 0.717) is 12.3 Å². The van der Waals surface area contributed by atoms with E-state index in [4.69, 9.17) is 11.6 Å². The third-order valence-corrected chi connectivity index (χ3v) is 2.21. The normalized spacial score (nSPS) is 43.9. The summed E-state index contributed by atoms with van der Waals surface area (Å²) in [6.45, 7) is 3.87. The molecule has 0 amide bonds. The summed E-state index contributed by atoms with van der Waals surface area (Å²) < 4.78 is 0. The summed E-state index contributed by atoms with van der Waals surface area (Å²) >= 11 is 5.86. The fourth-order valence-corrected chi connectivity index (χ4v) is 1.71. The minimum absolute atomic E-state index is 0.205. The fourth-order valence-electron chi connectivity index (χ4n) is 1.37. The molecule has 1 saturated carbocycles. The number of rotatable bonds is 0. The Balaban J connectivity index is 2.70. The van der Waals surface area contributed by atoms with Crippen LogP contribution < -0.4 is 0 Å². The molecule has 0 aromatic carbocycles. The largest absolute Gasteiger partial charge is 0.298 e. The maximum atomic E-state index is 11.0. The van der Waals surface area contributed by atoms with E-state index < -0.39 is 4.87 Å². The quantitative estimate of drug-likeness (QED) is 0.478. The molecule has 2 atom stereocenters. The molecule has 9 heavy (non-hydrogen) atoms. The molecule has 0 N–H and O–H groups in total. The number of Topliss-reactive ketones (excluding diaryl/α,β-unsaturated/α-hetero) is 1. The van der Waals surface area contributed by atoms with Crippen LogP contribution in [0.15, 0.2) is 0 Å². The van der Waals surface area contributed by atoms with E-state index in [9.17, 15) is 4.79 Å². The highest BCUT2D eigenvalue weighted by molar-refractivity contribution is 6.35. The summed E-state index contributed by atoms with van der Waals surface area (Å²) in [5.74, 6) is 0.691. The second-order valence-electron chi connectivity index (χ2n) is 3.13. The first-order valence-electron chi connectivity index (χ1n) is 3.24. The molecule has 0 bridgehead atoms. The maximum Gasteiger partial charge on any atom is 0.153 e. The molecule has 1 aliphatic carbocycles. The van der Waals surface area contributed by atoms with E-state index in [0.717, 1.165) is 6.42 Å². The van der Waals surface area contributed by atoms with E-state index in [1.807, 2.05) is 0 Å². The predicted octanol–water partition coefficient (Wildman–Crippen LogP) is 1.98. The smallest absolute Gasteiger partial charge is 0.153 e. The van der Waals surface area contributed by atoms with Crippen LogP contribution in [-0.2, 0) is 4.79 Å². The lowest BCUT2D eigenvalue weighted by Gasteiger charge is -2.10. The highest BCUT2D eigenvalue weighted by Gasteiger charge is 2.38. The van der Waals surface area contributed by atoms with Gasteiger partial charge in [-0.05, 0) is 19.3 Å². The zero-order chi connectivity index (χ0) is 7.07. The Morgan fingerprint density at radius 3 is 2.44 bits per heavy atom. The Morgan fingerprint density at radius 2 is 2.33 bits per heavy atom. The van der Waals surface area contributed by atoms with Gasteiger partial charge in [0, 0.05) is 6.42 Å². The average Bonchev–Trinajstić information content (AvgIpc) is 1.79. The van der Waals surface area contributed by atoms with Gasteiger partial charge in [-0.15, -0.1) is 11.6 Å². The number of carbonyl (C=O) groups is 1. The molecule has 0 saturated heterocycles. The van der Waals surface area contributed by atoms with Crippen molar-refractivity contribution in [2.45, 2.75) is 31.6 Å². The Kier molecular flexibility index (Phi) is 1.55. The molecule has 0 heterocycles. The lowest BCUT2D eigenvalue weighted by molar-refractivity contribution is -0.119. The predicted molar refractivity (Wildman–Crippen MR) is 37.7 cm³/mol. The van der Waals surface area contributed by atoms with Crippen molar-refractivity contribution < 1.29 is 4.79 Å². The van der Waals surface area contributed by atoms with Gasteiger partial charge in [-0.3, -0.25) is 4.79 Å². The van der Waals surface area contributed by atoms with E-state index in [2.05, 4.69) is 6.92 Å². The number of ketones is 1. The van der Waals surface area contributed by atoms with Gasteiger partial charge in [0.15, 0.2) is 5.78 Å². The van der Waals surface area contributed by atoms with Crippen LogP contribution >= 0.6 is 11.6 Å². The minimum Gasteiger partial charge on any atom is -0.298 e. The lowest BCUT2D eigenvalue weighted by Crippen LogP contribution is -2.20. The number of alkyl halides is 1. The highest BCUT2D eigenvalue weighted by atomic mass is 35.5. The van der Waals surface area contributed by atoms with Gasteiger partial charge in [0.25, 0.3) is 0 Å². The molecule has 0 aromatic heterocycles. The van der Waals surface area contributed by atoms with Crippen molar-refractivity contribution in [1.29, 1.82) is 0 Å². The van der Waals surface area contributed by atoms with Gasteiger partial charge >= 0.3 is 0 Å². The third kappa shape index (κ3) is 1.26. The Hall–Kier alpha value is -0.0400. The first-order chi connectivity index (χ1) is 4.02. The Bertz CT molecular complexity index is 140. The first kappa shape index (κ1) is 7.07. The van der Waals surface area contributed by atoms with Crippen molar-refractivity contribution in [3.63, 3.8) is 0 Å². The summed E-state index contributed by atoms with van der Waals surface area (Å²) in [4.78, 5) is 10.4. The van der Waals surface area contributed by atoms with Gasteiger partial charge in [0.05, 0.1) is 0 Å². The van der Waals surface area contributed by atoms with Crippen molar-refractivity contribution in [2.75, 3.05) is 0 Å². The molecule has 1 rings (SSSR count). The highest BCUT2D eigenvalue weighted by Crippen LogP contribution is 2.35. The SMILES string of the molecule is CC1CC(=O)C(C)(Cl)C1. The van der Waals surface area contributed by atoms with Crippen LogP contribution in [0.25, 0.3) is 0 Å². The molecule has 0 aromatic rings. The number of halogens is 1. The maximum absolute atomic E-state index is 11.0. The van der Waals surface area contributed by atoms with Crippen LogP contribution in [-0.4, -0.2) is 10.7 Å². The molecule has 1 fully saturated rings. The summed E-state index contributed by atoms with van der Waals surface area (Å²) in [7, 11) is 0. The second-order valence-corrected chi connectivity index (χ2v) is 3.97. The van der Waals surface area contributed by atoms with E-state index in [1.165, 1.54) is 0 Å². The van der Waals surface area contributed by atoms with E-state index >= 15 is 0 Å². The number of hydrogen-bond acceptors (Lipinski definition) is 1. The van der Waals surface area contributed by atoms with Gasteiger partial charge in [0.2, 0.25) is 0 Å². The number of carbonyl (C=O) groups excluding carboxylic acids is 1. The Labute approximate surface area is 60.4 Å². The lowest BCUT2D eigenvalue weighted by atomic mass is 10.1. The summed E-state index contributed by atoms with van der Waals surface area (Å²) in [6, 6.07) is 0. The fraction of sp³-hybridized carbons (Fsp3) is 0.857. The van der Waals surface area contributed by atoms with Gasteiger partial charge in [-0.1, -0.05) is 6.92 Å². The Morgan fingerprint density at radius 1 is 1.78 bits per heavy atom. The zero-order valence-corrected chi connectivity index (χ0v) is 6.53. The molecule has 2 unspecified atom stereocenters. The summed E-state index contributed by atoms with van der Waals surface area (Å²) in [5, 5.41) is 0. The molecule has 0 aliphatic heterocycles. The van der Waals surface area contributed by atoms with Gasteiger partial charge in [-0.2, -0.15) is 0 Å². The first-order valence-corrected chi connectivity index (χ1v) is 3.62. The zero-order valence-electron chi connectivity index (χ0n) is 5.78. The van der Waals surface area contributed by atoms with Crippen LogP contribution in [0.1, 0.15) is 26.7 Å². The topological polar surface area (TPSA) is 17.1 Å². The molecule has 0 radical (unpaired) electrons. The molecule has 2 heteroatoms. The van der Waals surface area contributed by atoms with Crippen LogP contribution in [0.4, 0.5) is 0 Å². The monoisotopic (exact) mass is 146 g/mol. The standard InChI is InChI=1S/C7H11ClO/c1-5-3-6(9)7(2,8)4-5/h5H,3-4H2,1-2H3. The van der Waals surface area contributed by atoms with Crippen LogP contribution in [0.5, 0.6) is 0 Å². The summed E-state index contributed by atoms with van der Waals surface area (Å²) in [6.07, 6.45) is 1.51. The van der Waals surface area contributed by atoms with Gasteiger partial charge in [-0.25, -0.2) is 0 Å². The molecule has 1 aliphatic rings. The van der Waals surface area contributed by atoms with Gasteiger partial charge < -0.3 is 0 Å². The molecule has 52 valence electrons. The number of hydrogen-bond donors (Lipinski definition) is 0. The van der Waals surface area contributed by atoms with Gasteiger partial charge in [0.1, 0.15) is 4.87 Å². The van der Waals surface area contributed by atoms with Crippen molar-refractivity contribution >= 4 is 17.4 Å². The van der Waals surface area contributed by atoms with Crippen LogP contribution in [0.2, 0.25) is 0 Å². The van der Waals surface area contributed by atoms with E-state index in [1.54, 1.807) is 6.92 Å². The molecular formula is C7H11ClO. The summed E-state index contributed by atoms with van der Waals surface area (Å²) in [5.41, 5.74) is 0. The molecule has 1 nitrogen and oxygen atoms in total. The van der Waals surface area contributed by atoms with E-state index in [-0.39, 0.29) is 5.78 Å². The molecular weight excluding hydrogens is 136 g/mol. The third-order valence-electron chi connectivity index (χ3n) is 1.85. The van der Waals surface area contributed by atoms with Crippen LogP contribution in [0.3, 0.4) is 0 Å². The van der Waals surface area contributed by atoms with Crippen molar-refractivity contribution in [1.82, 2.24) is 0 Å². The minimum atomic E-state index is -0.542.